The van der Waals surface area contributed by atoms with Crippen molar-refractivity contribution in [2.45, 2.75) is 31.8 Å². The maximum absolute atomic E-state index is 12.5. The van der Waals surface area contributed by atoms with Crippen LogP contribution < -0.4 is 5.32 Å². The minimum absolute atomic E-state index is 0.0362. The van der Waals surface area contributed by atoms with Crippen molar-refractivity contribution in [1.82, 2.24) is 15.1 Å². The molecule has 0 aliphatic carbocycles. The Kier molecular flexibility index (Phi) is 7.15. The lowest BCUT2D eigenvalue weighted by Crippen LogP contribution is -2.42. The van der Waals surface area contributed by atoms with Crippen molar-refractivity contribution in [3.63, 3.8) is 0 Å². The van der Waals surface area contributed by atoms with Gasteiger partial charge in [0.25, 0.3) is 0 Å². The Labute approximate surface area is 181 Å². The number of nitrogens with zero attached hydrogens (tertiary/aromatic N) is 2. The fourth-order valence-electron chi connectivity index (χ4n) is 4.16. The number of fused-ring (bicyclic) bond motifs is 1. The van der Waals surface area contributed by atoms with Gasteiger partial charge in [-0.2, -0.15) is 0 Å². The normalized spacial score (nSPS) is 17.9. The Morgan fingerprint density at radius 1 is 1.07 bits per heavy atom. The van der Waals surface area contributed by atoms with Crippen LogP contribution in [0.5, 0.6) is 0 Å². The molecule has 30 heavy (non-hydrogen) atoms. The lowest BCUT2D eigenvalue weighted by atomic mass is 10.0. The number of carbonyl (C=O) groups excluding carboxylic acids is 2. The summed E-state index contributed by atoms with van der Waals surface area (Å²) in [5.74, 6) is -0.0279. The summed E-state index contributed by atoms with van der Waals surface area (Å²) < 4.78 is 5.28. The molecule has 0 unspecified atom stereocenters. The number of amides is 2. The number of nitrogens with one attached hydrogen (secondary N) is 1. The smallest absolute Gasteiger partial charge is 0.223 e. The number of morpholine rings is 1. The Morgan fingerprint density at radius 2 is 1.87 bits per heavy atom. The lowest BCUT2D eigenvalue weighted by Gasteiger charge is -2.35. The van der Waals surface area contributed by atoms with Gasteiger partial charge in [0, 0.05) is 50.4 Å². The van der Waals surface area contributed by atoms with Crippen LogP contribution in [0, 0.1) is 0 Å². The molecule has 1 fully saturated rings. The largest absolute Gasteiger partial charge is 0.378 e. The van der Waals surface area contributed by atoms with E-state index in [0.717, 1.165) is 19.5 Å². The van der Waals surface area contributed by atoms with E-state index in [1.54, 1.807) is 4.90 Å². The molecule has 1 aromatic heterocycles. The van der Waals surface area contributed by atoms with Crippen LogP contribution >= 0.6 is 11.3 Å². The van der Waals surface area contributed by atoms with Crippen LogP contribution in [0.25, 0.3) is 0 Å². The van der Waals surface area contributed by atoms with Gasteiger partial charge in [-0.1, -0.05) is 30.3 Å². The highest BCUT2D eigenvalue weighted by atomic mass is 32.1. The standard InChI is InChI=1S/C23H29N3O3S/c27-22(6-7-23(28)25-11-13-29-14-12-25)24-16-20(18-4-2-1-3-5-18)26-10-8-21-19(17-26)9-15-30-21/h1-5,9,15,20H,6-8,10-14,16-17H2,(H,24,27)/t20-/m1/s1. The molecule has 7 heteroatoms. The van der Waals surface area contributed by atoms with Gasteiger partial charge in [-0.25, -0.2) is 0 Å². The van der Waals surface area contributed by atoms with E-state index in [1.807, 2.05) is 29.5 Å². The zero-order chi connectivity index (χ0) is 20.8. The number of rotatable bonds is 7. The minimum Gasteiger partial charge on any atom is -0.378 e. The number of thiophene rings is 1. The van der Waals surface area contributed by atoms with Crippen molar-refractivity contribution in [1.29, 1.82) is 0 Å². The fraction of sp³-hybridized carbons (Fsp3) is 0.478. The van der Waals surface area contributed by atoms with E-state index < -0.39 is 0 Å². The summed E-state index contributed by atoms with van der Waals surface area (Å²) in [4.78, 5) is 30.5. The Bertz CT molecular complexity index is 848. The molecule has 1 atom stereocenters. The molecule has 2 aliphatic heterocycles. The van der Waals surface area contributed by atoms with Gasteiger partial charge in [0.2, 0.25) is 11.8 Å². The first-order valence-corrected chi connectivity index (χ1v) is 11.5. The van der Waals surface area contributed by atoms with Crippen molar-refractivity contribution in [3.05, 3.63) is 57.8 Å². The molecule has 160 valence electrons. The Balaban J connectivity index is 1.33. The summed E-state index contributed by atoms with van der Waals surface area (Å²) in [6, 6.07) is 12.7. The summed E-state index contributed by atoms with van der Waals surface area (Å²) in [5, 5.41) is 5.25. The molecule has 2 aliphatic rings. The van der Waals surface area contributed by atoms with E-state index in [9.17, 15) is 9.59 Å². The van der Waals surface area contributed by atoms with Crippen molar-refractivity contribution in [2.24, 2.45) is 0 Å². The van der Waals surface area contributed by atoms with E-state index in [0.29, 0.717) is 32.8 Å². The first-order valence-electron chi connectivity index (χ1n) is 10.7. The van der Waals surface area contributed by atoms with E-state index in [1.165, 1.54) is 16.0 Å². The monoisotopic (exact) mass is 427 g/mol. The maximum atomic E-state index is 12.5. The third-order valence-electron chi connectivity index (χ3n) is 5.88. The summed E-state index contributed by atoms with van der Waals surface area (Å²) >= 11 is 1.83. The number of hydrogen-bond acceptors (Lipinski definition) is 5. The summed E-state index contributed by atoms with van der Waals surface area (Å²) in [5.41, 5.74) is 2.61. The van der Waals surface area contributed by atoms with E-state index in [-0.39, 0.29) is 30.7 Å². The topological polar surface area (TPSA) is 61.9 Å². The van der Waals surface area contributed by atoms with Crippen LogP contribution in [0.3, 0.4) is 0 Å². The molecule has 1 N–H and O–H groups in total. The molecule has 3 heterocycles. The van der Waals surface area contributed by atoms with Crippen LogP contribution in [0.15, 0.2) is 41.8 Å². The number of benzene rings is 1. The number of carbonyl (C=O) groups is 2. The van der Waals surface area contributed by atoms with Gasteiger partial charge in [0.05, 0.1) is 19.3 Å². The van der Waals surface area contributed by atoms with Gasteiger partial charge in [-0.3, -0.25) is 14.5 Å². The molecule has 0 radical (unpaired) electrons. The van der Waals surface area contributed by atoms with E-state index in [2.05, 4.69) is 33.8 Å². The molecule has 1 aromatic carbocycles. The predicted molar refractivity (Wildman–Crippen MR) is 117 cm³/mol. The highest BCUT2D eigenvalue weighted by Crippen LogP contribution is 2.30. The second kappa shape index (κ2) is 10.2. The van der Waals surface area contributed by atoms with Gasteiger partial charge >= 0.3 is 0 Å². The molecule has 1 saturated heterocycles. The third kappa shape index (κ3) is 5.28. The van der Waals surface area contributed by atoms with E-state index in [4.69, 9.17) is 4.74 Å². The predicted octanol–water partition coefficient (Wildman–Crippen LogP) is 2.60. The molecule has 0 saturated carbocycles. The average molecular weight is 428 g/mol. The van der Waals surface area contributed by atoms with Crippen LogP contribution in [-0.2, 0) is 27.3 Å². The third-order valence-corrected chi connectivity index (χ3v) is 6.91. The second-order valence-electron chi connectivity index (χ2n) is 7.81. The first kappa shape index (κ1) is 21.0. The molecule has 2 aromatic rings. The van der Waals surface area contributed by atoms with Gasteiger partial charge in [0.15, 0.2) is 0 Å². The van der Waals surface area contributed by atoms with E-state index >= 15 is 0 Å². The Hall–Kier alpha value is -2.22. The van der Waals surface area contributed by atoms with Gasteiger partial charge in [-0.05, 0) is 29.0 Å². The zero-order valence-electron chi connectivity index (χ0n) is 17.2. The van der Waals surface area contributed by atoms with Crippen LogP contribution in [0.1, 0.15) is 34.9 Å². The van der Waals surface area contributed by atoms with Crippen LogP contribution in [0.2, 0.25) is 0 Å². The van der Waals surface area contributed by atoms with Crippen LogP contribution in [0.4, 0.5) is 0 Å². The SMILES string of the molecule is O=C(CCC(=O)N1CCOCC1)NC[C@H](c1ccccc1)N1CCc2sccc2C1. The molecule has 0 spiro atoms. The summed E-state index contributed by atoms with van der Waals surface area (Å²) in [7, 11) is 0. The zero-order valence-corrected chi connectivity index (χ0v) is 18.0. The van der Waals surface area contributed by atoms with Crippen molar-refractivity contribution < 1.29 is 14.3 Å². The summed E-state index contributed by atoms with van der Waals surface area (Å²) in [6.45, 7) is 4.85. The first-order chi connectivity index (χ1) is 14.7. The summed E-state index contributed by atoms with van der Waals surface area (Å²) in [6.07, 6.45) is 1.54. The minimum atomic E-state index is -0.0641. The quantitative estimate of drug-likeness (QED) is 0.738. The maximum Gasteiger partial charge on any atom is 0.223 e. The molecular formula is C23H29N3O3S. The van der Waals surface area contributed by atoms with Crippen molar-refractivity contribution in [3.8, 4) is 0 Å². The molecule has 0 bridgehead atoms. The molecule has 2 amide bonds. The highest BCUT2D eigenvalue weighted by molar-refractivity contribution is 7.10. The van der Waals surface area contributed by atoms with Gasteiger partial charge in [-0.15, -0.1) is 11.3 Å². The molecular weight excluding hydrogens is 398 g/mol. The average Bonchev–Trinajstić information content (AvgIpc) is 3.27. The molecule has 6 nitrogen and oxygen atoms in total. The second-order valence-corrected chi connectivity index (χ2v) is 8.81. The van der Waals surface area contributed by atoms with Gasteiger partial charge < -0.3 is 15.0 Å². The van der Waals surface area contributed by atoms with Crippen molar-refractivity contribution >= 4 is 23.2 Å². The highest BCUT2D eigenvalue weighted by Gasteiger charge is 2.26. The molecule has 4 rings (SSSR count). The van der Waals surface area contributed by atoms with Crippen LogP contribution in [-0.4, -0.2) is 61.0 Å². The fourth-order valence-corrected chi connectivity index (χ4v) is 5.05. The van der Waals surface area contributed by atoms with Gasteiger partial charge in [0.1, 0.15) is 0 Å². The number of hydrogen-bond donors (Lipinski definition) is 1. The van der Waals surface area contributed by atoms with Crippen molar-refractivity contribution in [2.75, 3.05) is 39.4 Å². The Morgan fingerprint density at radius 3 is 2.67 bits per heavy atom. The lowest BCUT2D eigenvalue weighted by molar-refractivity contribution is -0.137. The number of ether oxygens (including phenoxy) is 1.